The molecule has 0 unspecified atom stereocenters. The smallest absolute Gasteiger partial charge is 0.254 e. The van der Waals surface area contributed by atoms with Gasteiger partial charge >= 0.3 is 0 Å². The molecule has 1 aromatic carbocycles. The second-order valence-corrected chi connectivity index (χ2v) is 8.73. The van der Waals surface area contributed by atoms with Crippen LogP contribution in [0.3, 0.4) is 0 Å². The summed E-state index contributed by atoms with van der Waals surface area (Å²) in [4.78, 5) is 23.4. The van der Waals surface area contributed by atoms with Gasteiger partial charge in [0.05, 0.1) is 13.2 Å². The van der Waals surface area contributed by atoms with E-state index in [1.165, 1.54) is 56.3 Å². The third-order valence-electron chi connectivity index (χ3n) is 6.92. The predicted molar refractivity (Wildman–Crippen MR) is 114 cm³/mol. The maximum absolute atomic E-state index is 12.8. The average Bonchev–Trinajstić information content (AvgIpc) is 2.98. The Balaban J connectivity index is 1.25. The fourth-order valence-electron chi connectivity index (χ4n) is 4.91. The highest BCUT2D eigenvalue weighted by molar-refractivity contribution is 5.98. The molecule has 5 rings (SSSR count). The van der Waals surface area contributed by atoms with Gasteiger partial charge in [0.2, 0.25) is 0 Å². The Bertz CT molecular complexity index is 854. The maximum Gasteiger partial charge on any atom is 0.254 e. The van der Waals surface area contributed by atoms with Crippen LogP contribution in [0, 0.1) is 0 Å². The molecule has 2 aromatic rings. The quantitative estimate of drug-likeness (QED) is 0.863. The van der Waals surface area contributed by atoms with Crippen molar-refractivity contribution in [3.63, 3.8) is 0 Å². The zero-order valence-electron chi connectivity index (χ0n) is 17.2. The molecule has 0 atom stereocenters. The molecule has 2 saturated heterocycles. The maximum atomic E-state index is 12.8. The lowest BCUT2D eigenvalue weighted by Crippen LogP contribution is -2.42. The van der Waals surface area contributed by atoms with Crippen molar-refractivity contribution in [1.29, 1.82) is 0 Å². The minimum Gasteiger partial charge on any atom is -0.378 e. The van der Waals surface area contributed by atoms with E-state index in [4.69, 9.17) is 4.74 Å². The Hall–Kier alpha value is -1.89. The Kier molecular flexibility index (Phi) is 5.57. The van der Waals surface area contributed by atoms with Crippen LogP contribution in [-0.2, 0) is 11.3 Å². The number of carbonyl (C=O) groups is 1. The molecule has 1 saturated carbocycles. The van der Waals surface area contributed by atoms with Crippen molar-refractivity contribution < 1.29 is 9.53 Å². The number of aromatic nitrogens is 1. The van der Waals surface area contributed by atoms with Gasteiger partial charge < -0.3 is 14.6 Å². The summed E-state index contributed by atoms with van der Waals surface area (Å²) in [6.45, 7) is 8.38. The summed E-state index contributed by atoms with van der Waals surface area (Å²) in [6.07, 6.45) is 7.59. The summed E-state index contributed by atoms with van der Waals surface area (Å²) in [6, 6.07) is 6.97. The van der Waals surface area contributed by atoms with Gasteiger partial charge in [-0.1, -0.05) is 12.5 Å². The molecule has 0 bridgehead atoms. The largest absolute Gasteiger partial charge is 0.378 e. The SMILES string of the molecule is O=C(c1ccc2c(CN3CCCN(C4CCC4)CC3)c[nH]c2c1)N1CCOCC1. The number of ether oxygens (including phenoxy) is 1. The van der Waals surface area contributed by atoms with Crippen molar-refractivity contribution >= 4 is 16.8 Å². The number of hydrogen-bond acceptors (Lipinski definition) is 4. The van der Waals surface area contributed by atoms with Crippen LogP contribution in [0.25, 0.3) is 10.9 Å². The highest BCUT2D eigenvalue weighted by Gasteiger charge is 2.26. The molecule has 1 N–H and O–H groups in total. The van der Waals surface area contributed by atoms with E-state index in [2.05, 4.69) is 27.0 Å². The number of fused-ring (bicyclic) bond motifs is 1. The van der Waals surface area contributed by atoms with Gasteiger partial charge in [0, 0.05) is 61.4 Å². The van der Waals surface area contributed by atoms with Crippen LogP contribution in [0.5, 0.6) is 0 Å². The Morgan fingerprint density at radius 2 is 1.90 bits per heavy atom. The fraction of sp³-hybridized carbons (Fsp3) is 0.609. The molecule has 2 aliphatic heterocycles. The van der Waals surface area contributed by atoms with Crippen molar-refractivity contribution in [3.8, 4) is 0 Å². The number of morpholine rings is 1. The number of nitrogens with one attached hydrogen (secondary N) is 1. The van der Waals surface area contributed by atoms with E-state index in [1.54, 1.807) is 0 Å². The first-order chi connectivity index (χ1) is 14.3. The van der Waals surface area contributed by atoms with Gasteiger partial charge in [0.25, 0.3) is 5.91 Å². The van der Waals surface area contributed by atoms with Crippen LogP contribution in [0.1, 0.15) is 41.6 Å². The van der Waals surface area contributed by atoms with E-state index in [-0.39, 0.29) is 5.91 Å². The highest BCUT2D eigenvalue weighted by atomic mass is 16.5. The summed E-state index contributed by atoms with van der Waals surface area (Å²) in [5, 5.41) is 1.24. The standard InChI is InChI=1S/C23H32N4O2/c28-23(27-11-13-29-14-12-27)18-5-6-21-19(16-24-22(21)15-18)17-25-7-2-8-26(10-9-25)20-3-1-4-20/h5-6,15-16,20,24H,1-4,7-14,17H2. The van der Waals surface area contributed by atoms with Gasteiger partial charge in [-0.05, 0) is 50.0 Å². The lowest BCUT2D eigenvalue weighted by atomic mass is 9.91. The van der Waals surface area contributed by atoms with Crippen LogP contribution in [0.15, 0.2) is 24.4 Å². The third kappa shape index (κ3) is 4.06. The molecule has 3 aliphatic rings. The van der Waals surface area contributed by atoms with E-state index in [9.17, 15) is 4.79 Å². The van der Waals surface area contributed by atoms with Crippen molar-refractivity contribution in [2.75, 3.05) is 52.5 Å². The molecule has 1 aromatic heterocycles. The highest BCUT2D eigenvalue weighted by Crippen LogP contribution is 2.26. The average molecular weight is 397 g/mol. The van der Waals surface area contributed by atoms with Crippen LogP contribution >= 0.6 is 0 Å². The van der Waals surface area contributed by atoms with Gasteiger partial charge in [0.1, 0.15) is 0 Å². The number of carbonyl (C=O) groups excluding carboxylic acids is 1. The number of rotatable bonds is 4. The van der Waals surface area contributed by atoms with E-state index in [0.717, 1.165) is 30.2 Å². The van der Waals surface area contributed by atoms with Crippen LogP contribution in [-0.4, -0.2) is 84.1 Å². The molecule has 6 heteroatoms. The third-order valence-corrected chi connectivity index (χ3v) is 6.92. The fourth-order valence-corrected chi connectivity index (χ4v) is 4.91. The van der Waals surface area contributed by atoms with Gasteiger partial charge in [0.15, 0.2) is 0 Å². The van der Waals surface area contributed by atoms with Gasteiger partial charge in [-0.25, -0.2) is 0 Å². The molecule has 3 fully saturated rings. The topological polar surface area (TPSA) is 51.8 Å². The number of amides is 1. The molecule has 6 nitrogen and oxygen atoms in total. The number of H-pyrrole nitrogens is 1. The summed E-state index contributed by atoms with van der Waals surface area (Å²) >= 11 is 0. The van der Waals surface area contributed by atoms with Crippen molar-refractivity contribution in [2.45, 2.75) is 38.3 Å². The number of benzene rings is 1. The monoisotopic (exact) mass is 396 g/mol. The summed E-state index contributed by atoms with van der Waals surface area (Å²) in [5.74, 6) is 0.106. The zero-order chi connectivity index (χ0) is 19.6. The number of nitrogens with zero attached hydrogens (tertiary/aromatic N) is 3. The molecule has 3 heterocycles. The van der Waals surface area contributed by atoms with Gasteiger partial charge in [-0.2, -0.15) is 0 Å². The summed E-state index contributed by atoms with van der Waals surface area (Å²) < 4.78 is 5.36. The molecule has 0 radical (unpaired) electrons. The Morgan fingerprint density at radius 1 is 1.03 bits per heavy atom. The Morgan fingerprint density at radius 3 is 2.69 bits per heavy atom. The first-order valence-corrected chi connectivity index (χ1v) is 11.2. The minimum absolute atomic E-state index is 0.106. The lowest BCUT2D eigenvalue weighted by molar-refractivity contribution is 0.0303. The number of aromatic amines is 1. The summed E-state index contributed by atoms with van der Waals surface area (Å²) in [7, 11) is 0. The predicted octanol–water partition coefficient (Wildman–Crippen LogP) is 2.70. The molecule has 156 valence electrons. The lowest BCUT2D eigenvalue weighted by Gasteiger charge is -2.36. The van der Waals surface area contributed by atoms with Crippen LogP contribution < -0.4 is 0 Å². The first kappa shape index (κ1) is 19.1. The second-order valence-electron chi connectivity index (χ2n) is 8.73. The van der Waals surface area contributed by atoms with Crippen molar-refractivity contribution in [3.05, 3.63) is 35.5 Å². The van der Waals surface area contributed by atoms with Gasteiger partial charge in [-0.3, -0.25) is 14.6 Å². The molecule has 0 spiro atoms. The van der Waals surface area contributed by atoms with Crippen molar-refractivity contribution in [1.82, 2.24) is 19.7 Å². The normalized spacial score (nSPS) is 22.6. The van der Waals surface area contributed by atoms with Crippen molar-refractivity contribution in [2.24, 2.45) is 0 Å². The molecule has 1 aliphatic carbocycles. The summed E-state index contributed by atoms with van der Waals surface area (Å²) in [5.41, 5.74) is 3.16. The second kappa shape index (κ2) is 8.46. The zero-order valence-corrected chi connectivity index (χ0v) is 17.2. The van der Waals surface area contributed by atoms with E-state index >= 15 is 0 Å². The minimum atomic E-state index is 0.106. The molecule has 29 heavy (non-hydrogen) atoms. The molecule has 1 amide bonds. The number of hydrogen-bond donors (Lipinski definition) is 1. The van der Waals surface area contributed by atoms with Crippen LogP contribution in [0.2, 0.25) is 0 Å². The first-order valence-electron chi connectivity index (χ1n) is 11.2. The van der Waals surface area contributed by atoms with Gasteiger partial charge in [-0.15, -0.1) is 0 Å². The molecular formula is C23H32N4O2. The molecular weight excluding hydrogens is 364 g/mol. The Labute approximate surface area is 172 Å². The van der Waals surface area contributed by atoms with E-state index in [1.807, 2.05) is 17.0 Å². The van der Waals surface area contributed by atoms with E-state index < -0.39 is 0 Å². The van der Waals surface area contributed by atoms with Crippen LogP contribution in [0.4, 0.5) is 0 Å². The van der Waals surface area contributed by atoms with E-state index in [0.29, 0.717) is 26.3 Å².